The maximum Gasteiger partial charge on any atom is 0.137 e. The van der Waals surface area contributed by atoms with Crippen molar-refractivity contribution < 1.29 is 14.4 Å². The average Bonchev–Trinajstić information content (AvgIpc) is 2.37. The summed E-state index contributed by atoms with van der Waals surface area (Å²) in [6, 6.07) is 6.46. The monoisotopic (exact) mass is 292 g/mol. The Balaban J connectivity index is 1.82. The average molecular weight is 292 g/mol. The molecule has 1 aliphatic rings. The van der Waals surface area contributed by atoms with Gasteiger partial charge in [0.2, 0.25) is 0 Å². The molecule has 0 radical (unpaired) electrons. The number of ether oxygens (including phenoxy) is 2. The Bertz CT molecular complexity index is 449. The van der Waals surface area contributed by atoms with E-state index in [0.717, 1.165) is 32.0 Å². The van der Waals surface area contributed by atoms with Crippen LogP contribution in [0.25, 0.3) is 0 Å². The van der Waals surface area contributed by atoms with Crippen LogP contribution in [0.15, 0.2) is 18.2 Å². The fraction of sp³-hybridized carbons (Fsp3) is 0.667. The molecule has 1 N–H and O–H groups in total. The van der Waals surface area contributed by atoms with E-state index in [1.54, 1.807) is 4.90 Å². The SMILES string of the molecule is Cc1cc(OCC[NH+]2C[C@@H](C)O[C@H](C)C2)ccc1C(C)C. The zero-order valence-electron chi connectivity index (χ0n) is 14.1. The molecule has 1 saturated heterocycles. The highest BCUT2D eigenvalue weighted by Crippen LogP contribution is 2.23. The van der Waals surface area contributed by atoms with Crippen molar-refractivity contribution in [3.8, 4) is 5.75 Å². The molecule has 3 heteroatoms. The lowest BCUT2D eigenvalue weighted by molar-refractivity contribution is -0.915. The zero-order valence-corrected chi connectivity index (χ0v) is 14.1. The molecule has 0 aromatic heterocycles. The van der Waals surface area contributed by atoms with Crippen LogP contribution < -0.4 is 9.64 Å². The van der Waals surface area contributed by atoms with Crippen molar-refractivity contribution in [1.29, 1.82) is 0 Å². The first kappa shape index (κ1) is 16.3. The normalized spacial score (nSPS) is 26.1. The van der Waals surface area contributed by atoms with Crippen LogP contribution in [0.2, 0.25) is 0 Å². The van der Waals surface area contributed by atoms with Gasteiger partial charge in [0.1, 0.15) is 44.2 Å². The van der Waals surface area contributed by atoms with E-state index in [1.165, 1.54) is 11.1 Å². The van der Waals surface area contributed by atoms with E-state index in [4.69, 9.17) is 9.47 Å². The molecule has 1 fully saturated rings. The first-order valence-electron chi connectivity index (χ1n) is 8.18. The van der Waals surface area contributed by atoms with Gasteiger partial charge in [-0.05, 0) is 49.9 Å². The zero-order chi connectivity index (χ0) is 15.4. The molecule has 1 aromatic carbocycles. The van der Waals surface area contributed by atoms with Gasteiger partial charge in [-0.15, -0.1) is 0 Å². The van der Waals surface area contributed by atoms with E-state index >= 15 is 0 Å². The number of rotatable bonds is 5. The van der Waals surface area contributed by atoms with Crippen LogP contribution in [0.3, 0.4) is 0 Å². The standard InChI is InChI=1S/C18H29NO2/c1-13(2)18-7-6-17(10-14(18)3)20-9-8-19-11-15(4)21-16(5)12-19/h6-7,10,13,15-16H,8-9,11-12H2,1-5H3/p+1/t15-,16-/m1/s1. The Morgan fingerprint density at radius 1 is 1.24 bits per heavy atom. The molecule has 2 atom stereocenters. The molecule has 1 heterocycles. The Morgan fingerprint density at radius 3 is 2.48 bits per heavy atom. The van der Waals surface area contributed by atoms with E-state index in [0.29, 0.717) is 18.1 Å². The largest absolute Gasteiger partial charge is 0.488 e. The molecule has 3 nitrogen and oxygen atoms in total. The highest BCUT2D eigenvalue weighted by molar-refractivity contribution is 5.36. The molecule has 2 rings (SSSR count). The van der Waals surface area contributed by atoms with E-state index in [9.17, 15) is 0 Å². The second-order valence-corrected chi connectivity index (χ2v) is 6.69. The summed E-state index contributed by atoms with van der Waals surface area (Å²) in [5.41, 5.74) is 2.73. The third kappa shape index (κ3) is 4.72. The number of quaternary nitrogens is 1. The quantitative estimate of drug-likeness (QED) is 0.899. The predicted molar refractivity (Wildman–Crippen MR) is 86.3 cm³/mol. The van der Waals surface area contributed by atoms with Gasteiger partial charge in [-0.3, -0.25) is 0 Å². The lowest BCUT2D eigenvalue weighted by Gasteiger charge is -2.32. The number of hydrogen-bond acceptors (Lipinski definition) is 2. The van der Waals surface area contributed by atoms with Gasteiger partial charge in [-0.1, -0.05) is 19.9 Å². The Labute approximate surface area is 129 Å². The first-order valence-corrected chi connectivity index (χ1v) is 8.18. The lowest BCUT2D eigenvalue weighted by atomic mass is 9.98. The summed E-state index contributed by atoms with van der Waals surface area (Å²) in [6.45, 7) is 14.9. The Kier molecular flexibility index (Phi) is 5.65. The fourth-order valence-corrected chi connectivity index (χ4v) is 3.29. The molecule has 0 bridgehead atoms. The minimum atomic E-state index is 0.358. The summed E-state index contributed by atoms with van der Waals surface area (Å²) < 4.78 is 11.7. The van der Waals surface area contributed by atoms with Gasteiger partial charge < -0.3 is 14.4 Å². The maximum atomic E-state index is 5.93. The molecule has 118 valence electrons. The van der Waals surface area contributed by atoms with E-state index < -0.39 is 0 Å². The molecule has 21 heavy (non-hydrogen) atoms. The minimum absolute atomic E-state index is 0.358. The molecule has 0 unspecified atom stereocenters. The van der Waals surface area contributed by atoms with E-state index in [2.05, 4.69) is 52.8 Å². The lowest BCUT2D eigenvalue weighted by Crippen LogP contribution is -3.16. The van der Waals surface area contributed by atoms with E-state index in [1.807, 2.05) is 0 Å². The van der Waals surface area contributed by atoms with Crippen LogP contribution in [0.1, 0.15) is 44.7 Å². The first-order chi connectivity index (χ1) is 9.95. The second kappa shape index (κ2) is 7.28. The van der Waals surface area contributed by atoms with Crippen LogP contribution in [-0.2, 0) is 4.74 Å². The number of hydrogen-bond donors (Lipinski definition) is 1. The Hall–Kier alpha value is -1.06. The van der Waals surface area contributed by atoms with Crippen molar-refractivity contribution in [2.75, 3.05) is 26.2 Å². The van der Waals surface area contributed by atoms with Crippen molar-refractivity contribution in [3.63, 3.8) is 0 Å². The third-order valence-electron chi connectivity index (χ3n) is 4.20. The van der Waals surface area contributed by atoms with Gasteiger partial charge in [0.15, 0.2) is 0 Å². The van der Waals surface area contributed by atoms with Crippen LogP contribution in [0, 0.1) is 6.92 Å². The minimum Gasteiger partial charge on any atom is -0.488 e. The van der Waals surface area contributed by atoms with Crippen molar-refractivity contribution >= 4 is 0 Å². The van der Waals surface area contributed by atoms with Crippen LogP contribution >= 0.6 is 0 Å². The number of nitrogens with one attached hydrogen (secondary N) is 1. The molecule has 0 spiro atoms. The van der Waals surface area contributed by atoms with Crippen LogP contribution in [0.4, 0.5) is 0 Å². The third-order valence-corrected chi connectivity index (χ3v) is 4.20. The van der Waals surface area contributed by atoms with E-state index in [-0.39, 0.29) is 0 Å². The van der Waals surface area contributed by atoms with Gasteiger partial charge in [0.25, 0.3) is 0 Å². The topological polar surface area (TPSA) is 22.9 Å². The molecule has 0 amide bonds. The fourth-order valence-electron chi connectivity index (χ4n) is 3.29. The van der Waals surface area contributed by atoms with Gasteiger partial charge in [-0.2, -0.15) is 0 Å². The summed E-state index contributed by atoms with van der Waals surface area (Å²) in [6.07, 6.45) is 0.715. The maximum absolute atomic E-state index is 5.93. The van der Waals surface area contributed by atoms with Gasteiger partial charge in [0, 0.05) is 0 Å². The van der Waals surface area contributed by atoms with Gasteiger partial charge in [-0.25, -0.2) is 0 Å². The second-order valence-electron chi connectivity index (χ2n) is 6.69. The summed E-state index contributed by atoms with van der Waals surface area (Å²) in [4.78, 5) is 1.58. The van der Waals surface area contributed by atoms with Gasteiger partial charge in [0.05, 0.1) is 0 Å². The van der Waals surface area contributed by atoms with Gasteiger partial charge >= 0.3 is 0 Å². The molecule has 0 saturated carbocycles. The smallest absolute Gasteiger partial charge is 0.137 e. The number of morpholine rings is 1. The van der Waals surface area contributed by atoms with Crippen LogP contribution in [0.5, 0.6) is 5.75 Å². The highest BCUT2D eigenvalue weighted by Gasteiger charge is 2.25. The van der Waals surface area contributed by atoms with Crippen molar-refractivity contribution in [2.24, 2.45) is 0 Å². The summed E-state index contributed by atoms with van der Waals surface area (Å²) >= 11 is 0. The Morgan fingerprint density at radius 2 is 1.90 bits per heavy atom. The predicted octanol–water partition coefficient (Wildman–Crippen LogP) is 2.19. The summed E-state index contributed by atoms with van der Waals surface area (Å²) in [7, 11) is 0. The van der Waals surface area contributed by atoms with Crippen molar-refractivity contribution in [2.45, 2.75) is 52.7 Å². The highest BCUT2D eigenvalue weighted by atomic mass is 16.5. The molecular formula is C18H30NO2+. The number of aryl methyl sites for hydroxylation is 1. The molecule has 1 aliphatic heterocycles. The summed E-state index contributed by atoms with van der Waals surface area (Å²) in [5.74, 6) is 1.56. The molecule has 1 aromatic rings. The number of benzene rings is 1. The molecular weight excluding hydrogens is 262 g/mol. The molecule has 0 aliphatic carbocycles. The van der Waals surface area contributed by atoms with Crippen molar-refractivity contribution in [3.05, 3.63) is 29.3 Å². The van der Waals surface area contributed by atoms with Crippen LogP contribution in [-0.4, -0.2) is 38.4 Å². The van der Waals surface area contributed by atoms with Crippen molar-refractivity contribution in [1.82, 2.24) is 0 Å². The summed E-state index contributed by atoms with van der Waals surface area (Å²) in [5, 5.41) is 0.